The molecule has 1 aromatic rings. The summed E-state index contributed by atoms with van der Waals surface area (Å²) in [6.07, 6.45) is 3.12. The molecule has 0 aliphatic carbocycles. The van der Waals surface area contributed by atoms with E-state index < -0.39 is 0 Å². The number of carbonyl (C=O) groups excluding carboxylic acids is 2. The number of rotatable bonds is 6. The molecule has 1 aliphatic rings. The van der Waals surface area contributed by atoms with Gasteiger partial charge in [-0.2, -0.15) is 0 Å². The molecule has 0 aromatic heterocycles. The molecule has 1 heterocycles. The Morgan fingerprint density at radius 2 is 1.91 bits per heavy atom. The SMILES string of the molecule is CC(CN)C(=O)NCC(=O)N1CCC(Cc2ccccc2)CC1. The van der Waals surface area contributed by atoms with Gasteiger partial charge in [0.25, 0.3) is 0 Å². The summed E-state index contributed by atoms with van der Waals surface area (Å²) >= 11 is 0. The highest BCUT2D eigenvalue weighted by atomic mass is 16.2. The highest BCUT2D eigenvalue weighted by molar-refractivity contribution is 5.85. The van der Waals surface area contributed by atoms with E-state index in [1.54, 1.807) is 6.92 Å². The van der Waals surface area contributed by atoms with E-state index in [4.69, 9.17) is 5.73 Å². The molecule has 1 fully saturated rings. The van der Waals surface area contributed by atoms with Crippen molar-refractivity contribution in [3.8, 4) is 0 Å². The summed E-state index contributed by atoms with van der Waals surface area (Å²) in [5.41, 5.74) is 6.81. The van der Waals surface area contributed by atoms with Crippen molar-refractivity contribution in [1.82, 2.24) is 10.2 Å². The molecule has 0 bridgehead atoms. The molecule has 2 amide bonds. The predicted octanol–water partition coefficient (Wildman–Crippen LogP) is 1.18. The van der Waals surface area contributed by atoms with Gasteiger partial charge in [0, 0.05) is 25.6 Å². The first-order valence-corrected chi connectivity index (χ1v) is 8.39. The van der Waals surface area contributed by atoms with Gasteiger partial charge in [0.05, 0.1) is 6.54 Å². The molecule has 1 atom stereocenters. The zero-order valence-electron chi connectivity index (χ0n) is 13.8. The van der Waals surface area contributed by atoms with Gasteiger partial charge in [-0.3, -0.25) is 9.59 Å². The van der Waals surface area contributed by atoms with Crippen LogP contribution in [0.25, 0.3) is 0 Å². The van der Waals surface area contributed by atoms with E-state index in [2.05, 4.69) is 29.6 Å². The summed E-state index contributed by atoms with van der Waals surface area (Å²) in [6.45, 7) is 3.68. The molecule has 0 radical (unpaired) electrons. The van der Waals surface area contributed by atoms with Crippen LogP contribution in [-0.2, 0) is 16.0 Å². The Bertz CT molecular complexity index is 510. The summed E-state index contributed by atoms with van der Waals surface area (Å²) in [4.78, 5) is 25.7. The lowest BCUT2D eigenvalue weighted by Gasteiger charge is -2.32. The van der Waals surface area contributed by atoms with Crippen LogP contribution in [0.1, 0.15) is 25.3 Å². The number of hydrogen-bond acceptors (Lipinski definition) is 3. The Kier molecular flexibility index (Phi) is 6.59. The van der Waals surface area contributed by atoms with Crippen molar-refractivity contribution < 1.29 is 9.59 Å². The Hall–Kier alpha value is -1.88. The molecular weight excluding hydrogens is 290 g/mol. The van der Waals surface area contributed by atoms with Crippen LogP contribution in [0.4, 0.5) is 0 Å². The Balaban J connectivity index is 1.71. The van der Waals surface area contributed by atoms with Crippen molar-refractivity contribution in [1.29, 1.82) is 0 Å². The van der Waals surface area contributed by atoms with Crippen LogP contribution in [0.5, 0.6) is 0 Å². The third-order valence-electron chi connectivity index (χ3n) is 4.55. The first-order chi connectivity index (χ1) is 11.1. The van der Waals surface area contributed by atoms with E-state index in [1.807, 2.05) is 11.0 Å². The molecule has 5 heteroatoms. The minimum absolute atomic E-state index is 0.000678. The number of hydrogen-bond donors (Lipinski definition) is 2. The number of nitrogens with zero attached hydrogens (tertiary/aromatic N) is 1. The number of nitrogens with two attached hydrogens (primary N) is 1. The van der Waals surface area contributed by atoms with E-state index in [0.717, 1.165) is 32.4 Å². The Labute approximate surface area is 138 Å². The molecule has 1 aromatic carbocycles. The summed E-state index contributed by atoms with van der Waals surface area (Å²) in [7, 11) is 0. The average Bonchev–Trinajstić information content (AvgIpc) is 2.60. The van der Waals surface area contributed by atoms with Gasteiger partial charge in [0.15, 0.2) is 0 Å². The Morgan fingerprint density at radius 1 is 1.26 bits per heavy atom. The molecule has 0 spiro atoms. The third-order valence-corrected chi connectivity index (χ3v) is 4.55. The number of benzene rings is 1. The maximum absolute atomic E-state index is 12.2. The maximum atomic E-state index is 12.2. The van der Waals surface area contributed by atoms with Crippen molar-refractivity contribution in [2.45, 2.75) is 26.2 Å². The molecule has 5 nitrogen and oxygen atoms in total. The lowest BCUT2D eigenvalue weighted by atomic mass is 9.90. The van der Waals surface area contributed by atoms with E-state index in [0.29, 0.717) is 12.5 Å². The second-order valence-electron chi connectivity index (χ2n) is 6.37. The van der Waals surface area contributed by atoms with Crippen LogP contribution in [0, 0.1) is 11.8 Å². The first-order valence-electron chi connectivity index (χ1n) is 8.39. The van der Waals surface area contributed by atoms with Gasteiger partial charge in [-0.25, -0.2) is 0 Å². The standard InChI is InChI=1S/C18H27N3O2/c1-14(12-19)18(23)20-13-17(22)21-9-7-16(8-10-21)11-15-5-3-2-4-6-15/h2-6,14,16H,7-13,19H2,1H3,(H,20,23). The summed E-state index contributed by atoms with van der Waals surface area (Å²) in [6, 6.07) is 10.5. The van der Waals surface area contributed by atoms with E-state index in [9.17, 15) is 9.59 Å². The quantitative estimate of drug-likeness (QED) is 0.827. The molecule has 3 N–H and O–H groups in total. The van der Waals surface area contributed by atoms with Crippen LogP contribution in [0.3, 0.4) is 0 Å². The fourth-order valence-corrected chi connectivity index (χ4v) is 2.89. The fourth-order valence-electron chi connectivity index (χ4n) is 2.89. The van der Waals surface area contributed by atoms with E-state index in [-0.39, 0.29) is 24.3 Å². The minimum atomic E-state index is -0.251. The zero-order valence-corrected chi connectivity index (χ0v) is 13.8. The average molecular weight is 317 g/mol. The number of piperidine rings is 1. The van der Waals surface area contributed by atoms with E-state index >= 15 is 0 Å². The normalized spacial score (nSPS) is 16.9. The maximum Gasteiger partial charge on any atom is 0.241 e. The molecule has 2 rings (SSSR count). The van der Waals surface area contributed by atoms with Crippen molar-refractivity contribution in [3.63, 3.8) is 0 Å². The van der Waals surface area contributed by atoms with Gasteiger partial charge in [0.2, 0.25) is 11.8 Å². The number of nitrogens with one attached hydrogen (secondary N) is 1. The molecule has 126 valence electrons. The van der Waals surface area contributed by atoms with Crippen LogP contribution >= 0.6 is 0 Å². The van der Waals surface area contributed by atoms with Crippen molar-refractivity contribution in [3.05, 3.63) is 35.9 Å². The zero-order chi connectivity index (χ0) is 16.7. The monoisotopic (exact) mass is 317 g/mol. The minimum Gasteiger partial charge on any atom is -0.347 e. The van der Waals surface area contributed by atoms with Crippen molar-refractivity contribution in [2.24, 2.45) is 17.6 Å². The molecule has 1 saturated heterocycles. The molecule has 0 saturated carbocycles. The van der Waals surface area contributed by atoms with Crippen molar-refractivity contribution in [2.75, 3.05) is 26.2 Å². The second-order valence-corrected chi connectivity index (χ2v) is 6.37. The second kappa shape index (κ2) is 8.67. The lowest BCUT2D eigenvalue weighted by Crippen LogP contribution is -2.45. The number of likely N-dealkylation sites (tertiary alicyclic amines) is 1. The van der Waals surface area contributed by atoms with Gasteiger partial charge in [-0.15, -0.1) is 0 Å². The summed E-state index contributed by atoms with van der Waals surface area (Å²) in [5, 5.41) is 2.67. The summed E-state index contributed by atoms with van der Waals surface area (Å²) < 4.78 is 0. The number of amides is 2. The van der Waals surface area contributed by atoms with Gasteiger partial charge >= 0.3 is 0 Å². The van der Waals surface area contributed by atoms with Gasteiger partial charge in [0.1, 0.15) is 0 Å². The molecule has 1 unspecified atom stereocenters. The van der Waals surface area contributed by atoms with Crippen molar-refractivity contribution >= 4 is 11.8 Å². The van der Waals surface area contributed by atoms with Gasteiger partial charge < -0.3 is 16.0 Å². The Morgan fingerprint density at radius 3 is 2.52 bits per heavy atom. The van der Waals surface area contributed by atoms with Crippen LogP contribution in [0.15, 0.2) is 30.3 Å². The lowest BCUT2D eigenvalue weighted by molar-refractivity contribution is -0.134. The largest absolute Gasteiger partial charge is 0.347 e. The third kappa shape index (κ3) is 5.36. The topological polar surface area (TPSA) is 75.4 Å². The fraction of sp³-hybridized carbons (Fsp3) is 0.556. The highest BCUT2D eigenvalue weighted by Gasteiger charge is 2.23. The van der Waals surface area contributed by atoms with Crippen LogP contribution in [-0.4, -0.2) is 42.9 Å². The van der Waals surface area contributed by atoms with Crippen LogP contribution < -0.4 is 11.1 Å². The molecule has 23 heavy (non-hydrogen) atoms. The van der Waals surface area contributed by atoms with E-state index in [1.165, 1.54) is 5.56 Å². The predicted molar refractivity (Wildman–Crippen MR) is 90.7 cm³/mol. The highest BCUT2D eigenvalue weighted by Crippen LogP contribution is 2.21. The first kappa shape index (κ1) is 17.5. The molecule has 1 aliphatic heterocycles. The number of carbonyl (C=O) groups is 2. The van der Waals surface area contributed by atoms with Gasteiger partial charge in [-0.1, -0.05) is 37.3 Å². The van der Waals surface area contributed by atoms with Gasteiger partial charge in [-0.05, 0) is 30.7 Å². The van der Waals surface area contributed by atoms with Crippen LogP contribution in [0.2, 0.25) is 0 Å². The smallest absolute Gasteiger partial charge is 0.241 e. The molecular formula is C18H27N3O2. The summed E-state index contributed by atoms with van der Waals surface area (Å²) in [5.74, 6) is 0.230.